The quantitative estimate of drug-likeness (QED) is 0.463. The Labute approximate surface area is 93.6 Å². The molecule has 1 aliphatic heterocycles. The summed E-state index contributed by atoms with van der Waals surface area (Å²) in [6, 6.07) is 1.09. The van der Waals surface area contributed by atoms with Crippen LogP contribution >= 0.6 is 0 Å². The molecule has 0 saturated carbocycles. The fraction of sp³-hybridized carbons (Fsp3) is 1.00. The summed E-state index contributed by atoms with van der Waals surface area (Å²) in [7, 11) is 0. The Morgan fingerprint density at radius 2 is 2.20 bits per heavy atom. The first-order valence-electron chi connectivity index (χ1n) is 5.86. The third-order valence-corrected chi connectivity index (χ3v) is 3.15. The molecule has 0 radical (unpaired) electrons. The van der Waals surface area contributed by atoms with Crippen molar-refractivity contribution in [2.45, 2.75) is 39.8 Å². The summed E-state index contributed by atoms with van der Waals surface area (Å²) in [4.78, 5) is 2.54. The molecule has 0 aromatic carbocycles. The van der Waals surface area contributed by atoms with Crippen LogP contribution in [0.4, 0.5) is 0 Å². The van der Waals surface area contributed by atoms with E-state index in [4.69, 9.17) is 5.84 Å². The van der Waals surface area contributed by atoms with Crippen LogP contribution in [0.2, 0.25) is 0 Å². The molecule has 1 fully saturated rings. The topological polar surface area (TPSA) is 53.3 Å². The minimum atomic E-state index is 0.267. The van der Waals surface area contributed by atoms with Crippen molar-refractivity contribution in [2.24, 2.45) is 11.3 Å². The fourth-order valence-corrected chi connectivity index (χ4v) is 2.34. The Kier molecular flexibility index (Phi) is 4.52. The van der Waals surface area contributed by atoms with Gasteiger partial charge in [-0.25, -0.2) is 0 Å². The molecular weight excluding hydrogens is 188 g/mol. The van der Waals surface area contributed by atoms with Crippen molar-refractivity contribution in [2.75, 3.05) is 26.2 Å². The molecule has 0 bridgehead atoms. The van der Waals surface area contributed by atoms with Crippen molar-refractivity contribution in [3.05, 3.63) is 0 Å². The van der Waals surface area contributed by atoms with Crippen LogP contribution in [0.3, 0.4) is 0 Å². The van der Waals surface area contributed by atoms with Crippen LogP contribution in [0.5, 0.6) is 0 Å². The minimum Gasteiger partial charge on any atom is -0.312 e. The van der Waals surface area contributed by atoms with Crippen LogP contribution in [0.15, 0.2) is 0 Å². The second kappa shape index (κ2) is 5.25. The van der Waals surface area contributed by atoms with Crippen molar-refractivity contribution in [1.82, 2.24) is 15.6 Å². The number of nitrogens with one attached hydrogen (secondary N) is 2. The average molecular weight is 214 g/mol. The maximum Gasteiger partial charge on any atom is 0.0284 e. The van der Waals surface area contributed by atoms with E-state index in [-0.39, 0.29) is 5.41 Å². The van der Waals surface area contributed by atoms with Crippen molar-refractivity contribution in [3.63, 3.8) is 0 Å². The van der Waals surface area contributed by atoms with Gasteiger partial charge < -0.3 is 5.32 Å². The molecule has 0 aromatic heterocycles. The molecule has 0 unspecified atom stereocenters. The molecule has 1 aliphatic rings. The second-order valence-electron chi connectivity index (χ2n) is 5.64. The molecule has 4 N–H and O–H groups in total. The van der Waals surface area contributed by atoms with Gasteiger partial charge >= 0.3 is 0 Å². The SMILES string of the molecule is C[C@@H]1CN([C@H](CNN)C(C)(C)C)CCN1. The summed E-state index contributed by atoms with van der Waals surface area (Å²) < 4.78 is 0. The van der Waals surface area contributed by atoms with Crippen LogP contribution in [0.1, 0.15) is 27.7 Å². The van der Waals surface area contributed by atoms with Crippen LogP contribution in [0.25, 0.3) is 0 Å². The number of rotatable bonds is 3. The van der Waals surface area contributed by atoms with Gasteiger partial charge in [-0.15, -0.1) is 0 Å². The number of hydrogen-bond acceptors (Lipinski definition) is 4. The van der Waals surface area contributed by atoms with E-state index in [0.29, 0.717) is 12.1 Å². The highest BCUT2D eigenvalue weighted by atomic mass is 15.3. The Hall–Kier alpha value is -0.160. The van der Waals surface area contributed by atoms with Gasteiger partial charge in [-0.2, -0.15) is 0 Å². The first kappa shape index (κ1) is 12.9. The van der Waals surface area contributed by atoms with Crippen LogP contribution in [0, 0.1) is 5.41 Å². The average Bonchev–Trinajstić information content (AvgIpc) is 2.12. The molecular formula is C11H26N4. The number of hydrogen-bond donors (Lipinski definition) is 3. The van der Waals surface area contributed by atoms with Gasteiger partial charge in [0.1, 0.15) is 0 Å². The largest absolute Gasteiger partial charge is 0.312 e. The molecule has 15 heavy (non-hydrogen) atoms. The summed E-state index contributed by atoms with van der Waals surface area (Å²) in [5, 5.41) is 3.47. The Bertz CT molecular complexity index is 188. The molecule has 4 nitrogen and oxygen atoms in total. The summed E-state index contributed by atoms with van der Waals surface area (Å²) in [5.41, 5.74) is 3.09. The van der Waals surface area contributed by atoms with Crippen LogP contribution in [-0.2, 0) is 0 Å². The number of piperazine rings is 1. The minimum absolute atomic E-state index is 0.267. The highest BCUT2D eigenvalue weighted by Gasteiger charge is 2.31. The number of nitrogens with two attached hydrogens (primary N) is 1. The molecule has 90 valence electrons. The first-order chi connectivity index (χ1) is 6.95. The third kappa shape index (κ3) is 3.72. The zero-order valence-corrected chi connectivity index (χ0v) is 10.5. The van der Waals surface area contributed by atoms with Crippen molar-refractivity contribution in [1.29, 1.82) is 0 Å². The van der Waals surface area contributed by atoms with Gasteiger partial charge in [0, 0.05) is 38.3 Å². The predicted molar refractivity (Wildman–Crippen MR) is 64.5 cm³/mol. The summed E-state index contributed by atoms with van der Waals surface area (Å²) >= 11 is 0. The van der Waals surface area contributed by atoms with E-state index in [1.807, 2.05) is 0 Å². The van der Waals surface area contributed by atoms with Gasteiger partial charge in [-0.1, -0.05) is 20.8 Å². The number of hydrazine groups is 1. The second-order valence-corrected chi connectivity index (χ2v) is 5.64. The Morgan fingerprint density at radius 3 is 2.67 bits per heavy atom. The highest BCUT2D eigenvalue weighted by molar-refractivity contribution is 4.88. The lowest BCUT2D eigenvalue weighted by Gasteiger charge is -2.43. The standard InChI is InChI=1S/C11H26N4/c1-9-8-15(6-5-13-9)10(7-14-12)11(2,3)4/h9-10,13-14H,5-8,12H2,1-4H3/t9-,10-/m1/s1. The molecule has 0 aliphatic carbocycles. The van der Waals surface area contributed by atoms with Gasteiger partial charge in [0.15, 0.2) is 0 Å². The smallest absolute Gasteiger partial charge is 0.0284 e. The van der Waals surface area contributed by atoms with E-state index in [2.05, 4.69) is 43.3 Å². The molecule has 2 atom stereocenters. The normalized spacial score (nSPS) is 26.6. The zero-order valence-electron chi connectivity index (χ0n) is 10.5. The maximum atomic E-state index is 5.48. The fourth-order valence-electron chi connectivity index (χ4n) is 2.34. The molecule has 0 aromatic rings. The lowest BCUT2D eigenvalue weighted by Crippen LogP contribution is -2.59. The van der Waals surface area contributed by atoms with E-state index in [1.54, 1.807) is 0 Å². The highest BCUT2D eigenvalue weighted by Crippen LogP contribution is 2.24. The summed E-state index contributed by atoms with van der Waals surface area (Å²) in [6.07, 6.45) is 0. The first-order valence-corrected chi connectivity index (χ1v) is 5.86. The van der Waals surface area contributed by atoms with E-state index in [9.17, 15) is 0 Å². The van der Waals surface area contributed by atoms with Gasteiger partial charge in [-0.05, 0) is 12.3 Å². The van der Waals surface area contributed by atoms with Crippen LogP contribution in [-0.4, -0.2) is 43.2 Å². The van der Waals surface area contributed by atoms with Crippen molar-refractivity contribution < 1.29 is 0 Å². The van der Waals surface area contributed by atoms with Gasteiger partial charge in [0.2, 0.25) is 0 Å². The third-order valence-electron chi connectivity index (χ3n) is 3.15. The lowest BCUT2D eigenvalue weighted by atomic mass is 9.85. The molecule has 0 amide bonds. The predicted octanol–water partition coefficient (Wildman–Crippen LogP) is 0.158. The lowest BCUT2D eigenvalue weighted by molar-refractivity contribution is 0.0723. The molecule has 0 spiro atoms. The van der Waals surface area contributed by atoms with E-state index < -0.39 is 0 Å². The summed E-state index contributed by atoms with van der Waals surface area (Å²) in [6.45, 7) is 13.2. The van der Waals surface area contributed by atoms with E-state index >= 15 is 0 Å². The van der Waals surface area contributed by atoms with Gasteiger partial charge in [-0.3, -0.25) is 16.2 Å². The zero-order chi connectivity index (χ0) is 11.5. The molecule has 1 saturated heterocycles. The Morgan fingerprint density at radius 1 is 1.53 bits per heavy atom. The van der Waals surface area contributed by atoms with Crippen molar-refractivity contribution >= 4 is 0 Å². The monoisotopic (exact) mass is 214 g/mol. The van der Waals surface area contributed by atoms with Crippen LogP contribution < -0.4 is 16.6 Å². The Balaban J connectivity index is 2.62. The number of nitrogens with zero attached hydrogens (tertiary/aromatic N) is 1. The summed E-state index contributed by atoms with van der Waals surface area (Å²) in [5.74, 6) is 5.48. The van der Waals surface area contributed by atoms with Crippen molar-refractivity contribution in [3.8, 4) is 0 Å². The van der Waals surface area contributed by atoms with Gasteiger partial charge in [0.05, 0.1) is 0 Å². The maximum absolute atomic E-state index is 5.48. The molecule has 1 rings (SSSR count). The van der Waals surface area contributed by atoms with E-state index in [0.717, 1.165) is 26.2 Å². The van der Waals surface area contributed by atoms with Gasteiger partial charge in [0.25, 0.3) is 0 Å². The molecule has 4 heteroatoms. The molecule has 1 heterocycles. The van der Waals surface area contributed by atoms with E-state index in [1.165, 1.54) is 0 Å².